The number of hydrogen-bond donors (Lipinski definition) is 0. The number of para-hydroxylation sites is 1. The first-order valence-electron chi connectivity index (χ1n) is 10.3. The largest absolute Gasteiger partial charge is 0.486 e. The van der Waals surface area contributed by atoms with Crippen molar-refractivity contribution in [1.29, 1.82) is 0 Å². The minimum atomic E-state index is -0.448. The van der Waals surface area contributed by atoms with E-state index in [0.29, 0.717) is 35.6 Å². The van der Waals surface area contributed by atoms with E-state index in [1.165, 1.54) is 0 Å². The molecule has 1 spiro atoms. The van der Waals surface area contributed by atoms with Gasteiger partial charge in [0.15, 0.2) is 5.78 Å². The molecule has 1 aromatic carbocycles. The molecule has 5 rings (SSSR count). The maximum Gasteiger partial charge on any atom is 0.226 e. The van der Waals surface area contributed by atoms with Crippen molar-refractivity contribution in [3.05, 3.63) is 29.8 Å². The van der Waals surface area contributed by atoms with Crippen LogP contribution in [0.2, 0.25) is 0 Å². The first-order valence-corrected chi connectivity index (χ1v) is 10.3. The van der Waals surface area contributed by atoms with E-state index in [4.69, 9.17) is 4.74 Å². The zero-order valence-corrected chi connectivity index (χ0v) is 16.2. The molecule has 1 aromatic rings. The second kappa shape index (κ2) is 6.06. The Labute approximate surface area is 160 Å². The Morgan fingerprint density at radius 2 is 1.93 bits per heavy atom. The molecule has 4 atom stereocenters. The summed E-state index contributed by atoms with van der Waals surface area (Å²) in [5.41, 5.74) is 0.246. The third kappa shape index (κ3) is 2.62. The lowest BCUT2D eigenvalue weighted by Gasteiger charge is -2.39. The number of rotatable bonds is 2. The molecule has 2 aliphatic carbocycles. The van der Waals surface area contributed by atoms with Gasteiger partial charge in [-0.15, -0.1) is 0 Å². The number of hydrogen-bond acceptors (Lipinski definition) is 4. The molecular formula is C22H28N2O3. The zero-order valence-electron chi connectivity index (χ0n) is 16.2. The van der Waals surface area contributed by atoms with Gasteiger partial charge >= 0.3 is 0 Å². The van der Waals surface area contributed by atoms with Crippen LogP contribution in [0.5, 0.6) is 5.75 Å². The minimum absolute atomic E-state index is 0.0578. The van der Waals surface area contributed by atoms with E-state index in [-0.39, 0.29) is 17.6 Å². The van der Waals surface area contributed by atoms with Crippen molar-refractivity contribution >= 4 is 11.7 Å². The Morgan fingerprint density at radius 1 is 1.19 bits per heavy atom. The zero-order chi connectivity index (χ0) is 18.8. The summed E-state index contributed by atoms with van der Waals surface area (Å²) in [6.45, 7) is 7.98. The molecule has 0 bridgehead atoms. The van der Waals surface area contributed by atoms with Crippen molar-refractivity contribution in [2.45, 2.75) is 44.8 Å². The first-order chi connectivity index (χ1) is 13.0. The number of ketones is 1. The molecule has 0 radical (unpaired) electrons. The summed E-state index contributed by atoms with van der Waals surface area (Å²) < 4.78 is 6.42. The van der Waals surface area contributed by atoms with Gasteiger partial charge in [0.05, 0.1) is 12.0 Å². The van der Waals surface area contributed by atoms with Gasteiger partial charge in [0, 0.05) is 44.1 Å². The van der Waals surface area contributed by atoms with Crippen LogP contribution in [0.15, 0.2) is 24.3 Å². The molecule has 5 heteroatoms. The van der Waals surface area contributed by atoms with Crippen LogP contribution < -0.4 is 4.74 Å². The lowest BCUT2D eigenvalue weighted by Crippen LogP contribution is -2.52. The Hall–Kier alpha value is -1.88. The van der Waals surface area contributed by atoms with E-state index in [1.807, 2.05) is 29.2 Å². The number of amides is 1. The standard InChI is InChI=1S/C22H28N2O3/c1-14(2)23-9-11-24(12-10-23)21(26)19-16-7-8-22(20(16)19)13-17(25)15-5-3-4-6-18(15)27-22/h3-6,14,16,19-20H,7-13H2,1-2H3/t16-,19-,20-,22+/m0/s1. The average Bonchev–Trinajstić information content (AvgIpc) is 3.32. The maximum absolute atomic E-state index is 13.2. The van der Waals surface area contributed by atoms with Gasteiger partial charge in [0.2, 0.25) is 5.91 Å². The van der Waals surface area contributed by atoms with Crippen LogP contribution in [0.3, 0.4) is 0 Å². The lowest BCUT2D eigenvalue weighted by atomic mass is 9.84. The van der Waals surface area contributed by atoms with E-state index in [1.54, 1.807) is 0 Å². The summed E-state index contributed by atoms with van der Waals surface area (Å²) in [6.07, 6.45) is 2.33. The van der Waals surface area contributed by atoms with Gasteiger partial charge in [-0.05, 0) is 44.7 Å². The fourth-order valence-corrected chi connectivity index (χ4v) is 5.77. The van der Waals surface area contributed by atoms with Crippen LogP contribution in [0.4, 0.5) is 0 Å². The molecule has 1 saturated heterocycles. The quantitative estimate of drug-likeness (QED) is 0.805. The van der Waals surface area contributed by atoms with Crippen molar-refractivity contribution < 1.29 is 14.3 Å². The number of fused-ring (bicyclic) bond motifs is 3. The second-order valence-electron chi connectivity index (χ2n) is 8.97. The Morgan fingerprint density at radius 3 is 2.67 bits per heavy atom. The Bertz CT molecular complexity index is 784. The highest BCUT2D eigenvalue weighted by molar-refractivity contribution is 6.00. The fraction of sp³-hybridized carbons (Fsp3) is 0.636. The maximum atomic E-state index is 13.2. The molecule has 27 heavy (non-hydrogen) atoms. The number of ether oxygens (including phenoxy) is 1. The van der Waals surface area contributed by atoms with Crippen LogP contribution in [-0.2, 0) is 4.79 Å². The molecule has 0 aromatic heterocycles. The van der Waals surface area contributed by atoms with Crippen molar-refractivity contribution in [2.24, 2.45) is 17.8 Å². The molecule has 1 amide bonds. The normalized spacial score (nSPS) is 35.1. The van der Waals surface area contributed by atoms with Gasteiger partial charge in [-0.2, -0.15) is 0 Å². The molecular weight excluding hydrogens is 340 g/mol. The third-order valence-electron chi connectivity index (χ3n) is 7.28. The van der Waals surface area contributed by atoms with E-state index in [9.17, 15) is 9.59 Å². The minimum Gasteiger partial charge on any atom is -0.486 e. The summed E-state index contributed by atoms with van der Waals surface area (Å²) in [5, 5.41) is 0. The summed E-state index contributed by atoms with van der Waals surface area (Å²) in [6, 6.07) is 8.08. The van der Waals surface area contributed by atoms with Gasteiger partial charge in [0.25, 0.3) is 0 Å². The highest BCUT2D eigenvalue weighted by Crippen LogP contribution is 2.66. The van der Waals surface area contributed by atoms with Crippen molar-refractivity contribution in [3.63, 3.8) is 0 Å². The smallest absolute Gasteiger partial charge is 0.226 e. The highest BCUT2D eigenvalue weighted by Gasteiger charge is 2.71. The first kappa shape index (κ1) is 17.2. The molecule has 0 unspecified atom stereocenters. The molecule has 144 valence electrons. The average molecular weight is 368 g/mol. The number of piperazine rings is 1. The highest BCUT2D eigenvalue weighted by atomic mass is 16.5. The van der Waals surface area contributed by atoms with Gasteiger partial charge in [-0.25, -0.2) is 0 Å². The Kier molecular flexibility index (Phi) is 3.87. The van der Waals surface area contributed by atoms with Crippen molar-refractivity contribution in [2.75, 3.05) is 26.2 Å². The number of benzene rings is 1. The summed E-state index contributed by atoms with van der Waals surface area (Å²) in [7, 11) is 0. The Balaban J connectivity index is 1.31. The second-order valence-corrected chi connectivity index (χ2v) is 8.97. The van der Waals surface area contributed by atoms with E-state index in [0.717, 1.165) is 39.0 Å². The van der Waals surface area contributed by atoms with Gasteiger partial charge in [-0.1, -0.05) is 12.1 Å². The molecule has 3 fully saturated rings. The molecule has 5 nitrogen and oxygen atoms in total. The van der Waals surface area contributed by atoms with Crippen LogP contribution in [0.25, 0.3) is 0 Å². The molecule has 2 aliphatic heterocycles. The lowest BCUT2D eigenvalue weighted by molar-refractivity contribution is -0.136. The van der Waals surface area contributed by atoms with E-state index < -0.39 is 5.60 Å². The third-order valence-corrected chi connectivity index (χ3v) is 7.28. The predicted octanol–water partition coefficient (Wildman–Crippen LogP) is 2.60. The van der Waals surface area contributed by atoms with Gasteiger partial charge in [0.1, 0.15) is 11.4 Å². The van der Waals surface area contributed by atoms with Gasteiger partial charge < -0.3 is 9.64 Å². The number of Topliss-reactive ketones (excluding diaryl/α,β-unsaturated/α-hetero) is 1. The number of carbonyl (C=O) groups is 2. The predicted molar refractivity (Wildman–Crippen MR) is 102 cm³/mol. The topological polar surface area (TPSA) is 49.9 Å². The fourth-order valence-electron chi connectivity index (χ4n) is 5.77. The van der Waals surface area contributed by atoms with Crippen molar-refractivity contribution in [3.8, 4) is 5.75 Å². The van der Waals surface area contributed by atoms with Crippen LogP contribution in [0, 0.1) is 17.8 Å². The SMILES string of the molecule is CC(C)N1CCN(C(=O)[C@H]2[C@@H]3CC[C@@]4(CC(=O)c5ccccc5O4)[C@@H]32)CC1. The molecule has 0 N–H and O–H groups in total. The summed E-state index contributed by atoms with van der Waals surface area (Å²) in [5.74, 6) is 1.84. The van der Waals surface area contributed by atoms with Gasteiger partial charge in [-0.3, -0.25) is 14.5 Å². The van der Waals surface area contributed by atoms with Crippen molar-refractivity contribution in [1.82, 2.24) is 9.80 Å². The van der Waals surface area contributed by atoms with Crippen LogP contribution in [0.1, 0.15) is 43.5 Å². The molecule has 4 aliphatic rings. The van der Waals surface area contributed by atoms with E-state index in [2.05, 4.69) is 18.7 Å². The monoisotopic (exact) mass is 368 g/mol. The summed E-state index contributed by atoms with van der Waals surface area (Å²) in [4.78, 5) is 30.4. The van der Waals surface area contributed by atoms with Crippen LogP contribution >= 0.6 is 0 Å². The van der Waals surface area contributed by atoms with Crippen LogP contribution in [-0.4, -0.2) is 59.3 Å². The molecule has 2 heterocycles. The number of nitrogens with zero attached hydrogens (tertiary/aromatic N) is 2. The summed E-state index contributed by atoms with van der Waals surface area (Å²) >= 11 is 0. The number of carbonyl (C=O) groups excluding carboxylic acids is 2. The van der Waals surface area contributed by atoms with E-state index >= 15 is 0 Å². The molecule has 2 saturated carbocycles.